The van der Waals surface area contributed by atoms with Gasteiger partial charge in [0, 0.05) is 56.5 Å². The number of nitrogens with zero attached hydrogens (tertiary/aromatic N) is 3. The third kappa shape index (κ3) is 4.39. The minimum absolute atomic E-state index is 0.0214. The zero-order valence-corrected chi connectivity index (χ0v) is 18.3. The van der Waals surface area contributed by atoms with Gasteiger partial charge in [-0.15, -0.1) is 0 Å². The van der Waals surface area contributed by atoms with E-state index in [0.717, 1.165) is 5.69 Å². The van der Waals surface area contributed by atoms with E-state index in [1.165, 1.54) is 0 Å². The van der Waals surface area contributed by atoms with Crippen molar-refractivity contribution >= 4 is 23.4 Å². The Morgan fingerprint density at radius 2 is 1.47 bits per heavy atom. The predicted octanol–water partition coefficient (Wildman–Crippen LogP) is 2.04. The van der Waals surface area contributed by atoms with Crippen LogP contribution in [0.15, 0.2) is 48.5 Å². The van der Waals surface area contributed by atoms with Crippen molar-refractivity contribution in [3.63, 3.8) is 0 Å². The molecule has 2 aliphatic heterocycles. The maximum absolute atomic E-state index is 13.0. The Bertz CT molecular complexity index is 980. The molecule has 2 aliphatic rings. The molecule has 168 valence electrons. The molecule has 0 radical (unpaired) electrons. The number of hydrogen-bond donors (Lipinski definition) is 0. The maximum atomic E-state index is 13.0. The van der Waals surface area contributed by atoms with Gasteiger partial charge in [0.1, 0.15) is 11.5 Å². The molecule has 0 saturated carbocycles. The van der Waals surface area contributed by atoms with E-state index in [0.29, 0.717) is 49.8 Å². The van der Waals surface area contributed by atoms with E-state index in [1.54, 1.807) is 47.1 Å². The first-order valence-corrected chi connectivity index (χ1v) is 10.7. The minimum Gasteiger partial charge on any atom is -0.497 e. The van der Waals surface area contributed by atoms with Crippen molar-refractivity contribution in [3.05, 3.63) is 54.1 Å². The van der Waals surface area contributed by atoms with Crippen LogP contribution in [0.4, 0.5) is 5.69 Å². The summed E-state index contributed by atoms with van der Waals surface area (Å²) in [6.45, 7) is 2.16. The number of para-hydroxylation sites is 1. The summed E-state index contributed by atoms with van der Waals surface area (Å²) in [4.78, 5) is 43.7. The zero-order chi connectivity index (χ0) is 22.7. The quantitative estimate of drug-likeness (QED) is 0.715. The predicted molar refractivity (Wildman–Crippen MR) is 119 cm³/mol. The molecular formula is C24H27N3O5. The molecule has 0 N–H and O–H groups in total. The fourth-order valence-corrected chi connectivity index (χ4v) is 4.23. The lowest BCUT2D eigenvalue weighted by Crippen LogP contribution is -2.52. The van der Waals surface area contributed by atoms with Crippen LogP contribution >= 0.6 is 0 Å². The van der Waals surface area contributed by atoms with Gasteiger partial charge in [0.05, 0.1) is 20.1 Å². The highest BCUT2D eigenvalue weighted by Crippen LogP contribution is 2.27. The first-order chi connectivity index (χ1) is 15.5. The van der Waals surface area contributed by atoms with Crippen molar-refractivity contribution in [3.8, 4) is 11.5 Å². The van der Waals surface area contributed by atoms with E-state index < -0.39 is 0 Å². The average Bonchev–Trinajstić information content (AvgIpc) is 3.24. The number of amides is 3. The normalized spacial score (nSPS) is 18.6. The molecule has 0 bridgehead atoms. The van der Waals surface area contributed by atoms with Gasteiger partial charge in [0.15, 0.2) is 0 Å². The number of carbonyl (C=O) groups is 3. The number of rotatable bonds is 5. The monoisotopic (exact) mass is 437 g/mol. The highest BCUT2D eigenvalue weighted by Gasteiger charge is 2.38. The largest absolute Gasteiger partial charge is 0.497 e. The Hall–Kier alpha value is -3.55. The fourth-order valence-electron chi connectivity index (χ4n) is 4.23. The van der Waals surface area contributed by atoms with Gasteiger partial charge in [-0.05, 0) is 24.3 Å². The van der Waals surface area contributed by atoms with Crippen LogP contribution < -0.4 is 14.4 Å². The van der Waals surface area contributed by atoms with Crippen LogP contribution in [-0.4, -0.2) is 74.5 Å². The van der Waals surface area contributed by atoms with Gasteiger partial charge < -0.3 is 24.2 Å². The topological polar surface area (TPSA) is 79.4 Å². The molecule has 1 atom stereocenters. The lowest BCUT2D eigenvalue weighted by molar-refractivity contribution is -0.137. The number of methoxy groups -OCH3 is 2. The van der Waals surface area contributed by atoms with Crippen molar-refractivity contribution in [1.29, 1.82) is 0 Å². The number of carbonyl (C=O) groups excluding carboxylic acids is 3. The molecular weight excluding hydrogens is 410 g/mol. The van der Waals surface area contributed by atoms with Gasteiger partial charge in [-0.25, -0.2) is 0 Å². The first-order valence-electron chi connectivity index (χ1n) is 10.7. The summed E-state index contributed by atoms with van der Waals surface area (Å²) in [6.07, 6.45) is 0.219. The lowest BCUT2D eigenvalue weighted by Gasteiger charge is -2.36. The summed E-state index contributed by atoms with van der Waals surface area (Å²) in [6, 6.07) is 14.5. The van der Waals surface area contributed by atoms with E-state index >= 15 is 0 Å². The zero-order valence-electron chi connectivity index (χ0n) is 18.3. The highest BCUT2D eigenvalue weighted by atomic mass is 16.5. The standard InChI is InChI=1S/C24H27N3O5/c1-31-20-12-17(13-21(15-20)32-2)23(29)25-8-10-26(11-9-25)24(30)18-14-22(28)27(16-18)19-6-4-3-5-7-19/h3-7,12-13,15,18H,8-11,14,16H2,1-2H3/t18-/m1/s1. The van der Waals surface area contributed by atoms with Crippen LogP contribution in [0, 0.1) is 5.92 Å². The van der Waals surface area contributed by atoms with Crippen molar-refractivity contribution < 1.29 is 23.9 Å². The highest BCUT2D eigenvalue weighted by molar-refractivity contribution is 6.00. The molecule has 2 heterocycles. The Morgan fingerprint density at radius 1 is 0.875 bits per heavy atom. The molecule has 2 aromatic rings. The summed E-state index contributed by atoms with van der Waals surface area (Å²) in [5.41, 5.74) is 1.30. The second-order valence-corrected chi connectivity index (χ2v) is 7.96. The summed E-state index contributed by atoms with van der Waals surface area (Å²) >= 11 is 0. The smallest absolute Gasteiger partial charge is 0.254 e. The molecule has 8 nitrogen and oxygen atoms in total. The SMILES string of the molecule is COc1cc(OC)cc(C(=O)N2CCN(C(=O)[C@@H]3CC(=O)N(c4ccccc4)C3)CC2)c1. The van der Waals surface area contributed by atoms with Gasteiger partial charge in [-0.1, -0.05) is 18.2 Å². The van der Waals surface area contributed by atoms with Gasteiger partial charge in [0.25, 0.3) is 5.91 Å². The third-order valence-electron chi connectivity index (χ3n) is 6.02. The summed E-state index contributed by atoms with van der Waals surface area (Å²) < 4.78 is 10.5. The Morgan fingerprint density at radius 3 is 2.06 bits per heavy atom. The van der Waals surface area contributed by atoms with Crippen LogP contribution in [0.5, 0.6) is 11.5 Å². The third-order valence-corrected chi connectivity index (χ3v) is 6.02. The van der Waals surface area contributed by atoms with Crippen molar-refractivity contribution in [2.45, 2.75) is 6.42 Å². The maximum Gasteiger partial charge on any atom is 0.254 e. The van der Waals surface area contributed by atoms with E-state index in [-0.39, 0.29) is 30.1 Å². The van der Waals surface area contributed by atoms with Crippen LogP contribution in [0.3, 0.4) is 0 Å². The fraction of sp³-hybridized carbons (Fsp3) is 0.375. The second kappa shape index (κ2) is 9.30. The van der Waals surface area contributed by atoms with Crippen molar-refractivity contribution in [2.24, 2.45) is 5.92 Å². The lowest BCUT2D eigenvalue weighted by atomic mass is 10.1. The molecule has 2 saturated heterocycles. The van der Waals surface area contributed by atoms with Crippen molar-refractivity contribution in [1.82, 2.24) is 9.80 Å². The molecule has 0 aromatic heterocycles. The number of anilines is 1. The van der Waals surface area contributed by atoms with E-state index in [2.05, 4.69) is 0 Å². The molecule has 2 aromatic carbocycles. The van der Waals surface area contributed by atoms with Crippen LogP contribution in [0.25, 0.3) is 0 Å². The molecule has 8 heteroatoms. The van der Waals surface area contributed by atoms with Crippen molar-refractivity contribution in [2.75, 3.05) is 51.8 Å². The Kier molecular flexibility index (Phi) is 6.30. The van der Waals surface area contributed by atoms with Gasteiger partial charge in [-0.3, -0.25) is 14.4 Å². The van der Waals surface area contributed by atoms with Crippen LogP contribution in [0.2, 0.25) is 0 Å². The number of ether oxygens (including phenoxy) is 2. The molecule has 4 rings (SSSR count). The Balaban J connectivity index is 1.36. The van der Waals surface area contributed by atoms with E-state index in [4.69, 9.17) is 9.47 Å². The molecule has 2 fully saturated rings. The molecule has 0 spiro atoms. The van der Waals surface area contributed by atoms with Crippen LogP contribution in [-0.2, 0) is 9.59 Å². The van der Waals surface area contributed by atoms with Gasteiger partial charge >= 0.3 is 0 Å². The van der Waals surface area contributed by atoms with Gasteiger partial charge in [-0.2, -0.15) is 0 Å². The molecule has 3 amide bonds. The summed E-state index contributed by atoms with van der Waals surface area (Å²) in [5.74, 6) is 0.571. The molecule has 0 unspecified atom stereocenters. The number of hydrogen-bond acceptors (Lipinski definition) is 5. The Labute approximate surface area is 187 Å². The molecule has 0 aliphatic carbocycles. The van der Waals surface area contributed by atoms with E-state index in [1.807, 2.05) is 30.3 Å². The van der Waals surface area contributed by atoms with Crippen LogP contribution in [0.1, 0.15) is 16.8 Å². The van der Waals surface area contributed by atoms with Gasteiger partial charge in [0.2, 0.25) is 11.8 Å². The number of benzene rings is 2. The van der Waals surface area contributed by atoms with E-state index in [9.17, 15) is 14.4 Å². The minimum atomic E-state index is -0.354. The second-order valence-electron chi connectivity index (χ2n) is 7.96. The summed E-state index contributed by atoms with van der Waals surface area (Å²) in [7, 11) is 3.08. The number of piperazine rings is 1. The first kappa shape index (κ1) is 21.7. The molecule has 32 heavy (non-hydrogen) atoms. The average molecular weight is 437 g/mol. The summed E-state index contributed by atoms with van der Waals surface area (Å²) in [5, 5.41) is 0.